The summed E-state index contributed by atoms with van der Waals surface area (Å²) < 4.78 is 13.5. The number of pyridine rings is 2. The van der Waals surface area contributed by atoms with Crippen molar-refractivity contribution in [1.82, 2.24) is 14.9 Å². The van der Waals surface area contributed by atoms with Crippen molar-refractivity contribution in [3.63, 3.8) is 0 Å². The van der Waals surface area contributed by atoms with Crippen LogP contribution in [0.25, 0.3) is 11.0 Å². The predicted molar refractivity (Wildman–Crippen MR) is 113 cm³/mol. The Kier molecular flexibility index (Phi) is 6.91. The van der Waals surface area contributed by atoms with Crippen LogP contribution in [0.1, 0.15) is 35.5 Å². The minimum Gasteiger partial charge on any atom is -0.354 e. The van der Waals surface area contributed by atoms with Crippen molar-refractivity contribution in [3.05, 3.63) is 59.2 Å². The molecule has 1 N–H and O–H groups in total. The zero-order chi connectivity index (χ0) is 19.6. The molecule has 7 heteroatoms. The van der Waals surface area contributed by atoms with Gasteiger partial charge in [0.15, 0.2) is 5.65 Å². The van der Waals surface area contributed by atoms with Crippen molar-refractivity contribution in [2.45, 2.75) is 27.7 Å². The van der Waals surface area contributed by atoms with Crippen LogP contribution in [0.4, 0.5) is 15.8 Å². The summed E-state index contributed by atoms with van der Waals surface area (Å²) >= 11 is 0. The maximum Gasteiger partial charge on any atom is 0.257 e. The van der Waals surface area contributed by atoms with Crippen LogP contribution >= 0.6 is 12.4 Å². The molecule has 148 valence electrons. The number of halogens is 2. The molecule has 0 unspecified atom stereocenters. The number of aromatic nitrogens is 2. The number of anilines is 2. The van der Waals surface area contributed by atoms with Gasteiger partial charge in [0.05, 0.1) is 11.3 Å². The molecule has 0 aliphatic carbocycles. The summed E-state index contributed by atoms with van der Waals surface area (Å²) in [6.45, 7) is 8.81. The molecule has 0 saturated heterocycles. The van der Waals surface area contributed by atoms with Gasteiger partial charge in [-0.3, -0.25) is 4.79 Å². The number of hydrogen-bond donors (Lipinski definition) is 1. The zero-order valence-electron chi connectivity index (χ0n) is 16.4. The minimum atomic E-state index is -0.297. The van der Waals surface area contributed by atoms with Crippen molar-refractivity contribution < 1.29 is 9.18 Å². The van der Waals surface area contributed by atoms with Crippen LogP contribution in [-0.2, 0) is 0 Å². The van der Waals surface area contributed by atoms with Gasteiger partial charge in [-0.2, -0.15) is 0 Å². The number of carbonyl (C=O) groups excluding carboxylic acids is 1. The number of rotatable bonds is 5. The van der Waals surface area contributed by atoms with E-state index in [1.54, 1.807) is 17.2 Å². The third-order valence-electron chi connectivity index (χ3n) is 4.60. The molecule has 28 heavy (non-hydrogen) atoms. The van der Waals surface area contributed by atoms with E-state index in [9.17, 15) is 9.18 Å². The number of nitrogens with zero attached hydrogens (tertiary/aromatic N) is 3. The molecule has 2 aromatic heterocycles. The van der Waals surface area contributed by atoms with E-state index in [2.05, 4.69) is 15.3 Å². The highest BCUT2D eigenvalue weighted by molar-refractivity contribution is 6.07. The Balaban J connectivity index is 0.00000280. The molecule has 0 fully saturated rings. The Morgan fingerprint density at radius 2 is 1.86 bits per heavy atom. The highest BCUT2D eigenvalue weighted by Crippen LogP contribution is 2.31. The summed E-state index contributed by atoms with van der Waals surface area (Å²) in [6, 6.07) is 8.32. The molecule has 1 amide bonds. The Bertz CT molecular complexity index is 1010. The molecule has 3 rings (SSSR count). The third kappa shape index (κ3) is 4.22. The molecule has 0 saturated carbocycles. The van der Waals surface area contributed by atoms with Gasteiger partial charge in [0.2, 0.25) is 0 Å². The molecule has 1 aromatic carbocycles. The normalized spacial score (nSPS) is 10.5. The number of carbonyl (C=O) groups is 1. The standard InChI is InChI=1S/C21H23FN4O.ClH/c1-5-26(6-2)21(27)17-12-23-20-16(9-7-14(4)24-20)19(17)25-18-10-8-15(22)11-13(18)3;/h7-12H,5-6H2,1-4H3,(H,23,24,25);1H. The van der Waals surface area contributed by atoms with E-state index in [0.29, 0.717) is 30.0 Å². The second-order valence-corrected chi connectivity index (χ2v) is 6.43. The van der Waals surface area contributed by atoms with E-state index >= 15 is 0 Å². The molecule has 0 aliphatic rings. The lowest BCUT2D eigenvalue weighted by Gasteiger charge is -2.22. The van der Waals surface area contributed by atoms with Crippen LogP contribution in [0.15, 0.2) is 36.5 Å². The monoisotopic (exact) mass is 402 g/mol. The van der Waals surface area contributed by atoms with Gasteiger partial charge < -0.3 is 10.2 Å². The van der Waals surface area contributed by atoms with Crippen LogP contribution in [0.5, 0.6) is 0 Å². The van der Waals surface area contributed by atoms with E-state index in [-0.39, 0.29) is 24.1 Å². The Morgan fingerprint density at radius 1 is 1.14 bits per heavy atom. The third-order valence-corrected chi connectivity index (χ3v) is 4.60. The van der Waals surface area contributed by atoms with Crippen LogP contribution < -0.4 is 5.32 Å². The molecule has 0 aliphatic heterocycles. The number of hydrogen-bond acceptors (Lipinski definition) is 4. The first-order chi connectivity index (χ1) is 12.9. The topological polar surface area (TPSA) is 58.1 Å². The Morgan fingerprint density at radius 3 is 2.50 bits per heavy atom. The first-order valence-electron chi connectivity index (χ1n) is 9.03. The number of nitrogens with one attached hydrogen (secondary N) is 1. The summed E-state index contributed by atoms with van der Waals surface area (Å²) in [4.78, 5) is 23.6. The molecule has 0 atom stereocenters. The van der Waals surface area contributed by atoms with E-state index in [4.69, 9.17) is 0 Å². The van der Waals surface area contributed by atoms with Gasteiger partial charge in [-0.1, -0.05) is 0 Å². The van der Waals surface area contributed by atoms with Gasteiger partial charge in [0.25, 0.3) is 5.91 Å². The quantitative estimate of drug-likeness (QED) is 0.650. The fourth-order valence-electron chi connectivity index (χ4n) is 3.05. The predicted octanol–water partition coefficient (Wildman–Crippen LogP) is 5.03. The van der Waals surface area contributed by atoms with Gasteiger partial charge >= 0.3 is 0 Å². The van der Waals surface area contributed by atoms with E-state index < -0.39 is 0 Å². The molecular weight excluding hydrogens is 379 g/mol. The van der Waals surface area contributed by atoms with Crippen molar-refractivity contribution >= 4 is 40.7 Å². The van der Waals surface area contributed by atoms with Gasteiger partial charge in [0, 0.05) is 36.1 Å². The number of amides is 1. The van der Waals surface area contributed by atoms with Crippen LogP contribution in [-0.4, -0.2) is 33.9 Å². The van der Waals surface area contributed by atoms with Crippen molar-refractivity contribution in [3.8, 4) is 0 Å². The molecule has 0 spiro atoms. The van der Waals surface area contributed by atoms with Crippen LogP contribution in [0, 0.1) is 19.7 Å². The van der Waals surface area contributed by atoms with Crippen LogP contribution in [0.2, 0.25) is 0 Å². The highest BCUT2D eigenvalue weighted by Gasteiger charge is 2.20. The molecule has 3 aromatic rings. The lowest BCUT2D eigenvalue weighted by molar-refractivity contribution is 0.0773. The molecule has 0 bridgehead atoms. The van der Waals surface area contributed by atoms with Gasteiger partial charge in [-0.15, -0.1) is 12.4 Å². The summed E-state index contributed by atoms with van der Waals surface area (Å²) in [6.07, 6.45) is 1.57. The van der Waals surface area contributed by atoms with Crippen molar-refractivity contribution in [2.24, 2.45) is 0 Å². The van der Waals surface area contributed by atoms with E-state index in [1.165, 1.54) is 12.1 Å². The maximum absolute atomic E-state index is 13.5. The van der Waals surface area contributed by atoms with E-state index in [0.717, 1.165) is 22.3 Å². The minimum absolute atomic E-state index is 0. The maximum atomic E-state index is 13.5. The van der Waals surface area contributed by atoms with Crippen molar-refractivity contribution in [2.75, 3.05) is 18.4 Å². The molecule has 2 heterocycles. The molecule has 5 nitrogen and oxygen atoms in total. The Labute approximate surface area is 170 Å². The lowest BCUT2D eigenvalue weighted by atomic mass is 10.1. The average molecular weight is 403 g/mol. The number of fused-ring (bicyclic) bond motifs is 1. The van der Waals surface area contributed by atoms with Gasteiger partial charge in [-0.25, -0.2) is 14.4 Å². The fourth-order valence-corrected chi connectivity index (χ4v) is 3.05. The first-order valence-corrected chi connectivity index (χ1v) is 9.03. The smallest absolute Gasteiger partial charge is 0.257 e. The highest BCUT2D eigenvalue weighted by atomic mass is 35.5. The summed E-state index contributed by atoms with van der Waals surface area (Å²) in [7, 11) is 0. The summed E-state index contributed by atoms with van der Waals surface area (Å²) in [5.41, 5.74) is 4.01. The zero-order valence-corrected chi connectivity index (χ0v) is 17.2. The summed E-state index contributed by atoms with van der Waals surface area (Å²) in [5.74, 6) is -0.397. The number of aryl methyl sites for hydroxylation is 2. The second-order valence-electron chi connectivity index (χ2n) is 6.43. The van der Waals surface area contributed by atoms with Gasteiger partial charge in [-0.05, 0) is 63.6 Å². The molecule has 0 radical (unpaired) electrons. The first kappa shape index (κ1) is 21.6. The number of benzene rings is 1. The van der Waals surface area contributed by atoms with Gasteiger partial charge in [0.1, 0.15) is 5.82 Å². The summed E-state index contributed by atoms with van der Waals surface area (Å²) in [5, 5.41) is 4.07. The SMILES string of the molecule is CCN(CC)C(=O)c1cnc2nc(C)ccc2c1Nc1ccc(F)cc1C.Cl. The van der Waals surface area contributed by atoms with E-state index in [1.807, 2.05) is 39.8 Å². The van der Waals surface area contributed by atoms with Crippen LogP contribution in [0.3, 0.4) is 0 Å². The fraction of sp³-hybridized carbons (Fsp3) is 0.286. The largest absolute Gasteiger partial charge is 0.354 e. The lowest BCUT2D eigenvalue weighted by Crippen LogP contribution is -2.31. The van der Waals surface area contributed by atoms with Crippen molar-refractivity contribution in [1.29, 1.82) is 0 Å². The Hall–Kier alpha value is -2.73. The average Bonchev–Trinajstić information content (AvgIpc) is 2.64. The second kappa shape index (κ2) is 8.97. The molecular formula is C21H24ClFN4O.